The van der Waals surface area contributed by atoms with E-state index in [2.05, 4.69) is 0 Å². The maximum atomic E-state index is 12.4. The van der Waals surface area contributed by atoms with Crippen LogP contribution in [0.3, 0.4) is 0 Å². The van der Waals surface area contributed by atoms with Crippen molar-refractivity contribution in [3.8, 4) is 0 Å². The van der Waals surface area contributed by atoms with Crippen molar-refractivity contribution in [3.05, 3.63) is 14.7 Å². The summed E-state index contributed by atoms with van der Waals surface area (Å²) in [5.41, 5.74) is 0. The highest BCUT2D eigenvalue weighted by atomic mass is 35.5. The van der Waals surface area contributed by atoms with Gasteiger partial charge in [0.1, 0.15) is 15.3 Å². The molecule has 0 bridgehead atoms. The van der Waals surface area contributed by atoms with E-state index < -0.39 is 22.0 Å². The van der Waals surface area contributed by atoms with Gasteiger partial charge in [0.05, 0.1) is 17.6 Å². The molecule has 0 radical (unpaired) electrons. The fraction of sp³-hybridized carbons (Fsp3) is 0.444. The number of carboxylic acids is 1. The molecule has 106 valence electrons. The molecule has 1 atom stereocenters. The van der Waals surface area contributed by atoms with E-state index in [1.165, 1.54) is 6.07 Å². The van der Waals surface area contributed by atoms with Crippen LogP contribution in [0.4, 0.5) is 0 Å². The highest BCUT2D eigenvalue weighted by Crippen LogP contribution is 2.36. The molecular formula is C9H9Cl2NO5S2. The van der Waals surface area contributed by atoms with Gasteiger partial charge in [-0.25, -0.2) is 8.42 Å². The van der Waals surface area contributed by atoms with Crippen molar-refractivity contribution < 1.29 is 23.1 Å². The van der Waals surface area contributed by atoms with E-state index in [4.69, 9.17) is 33.0 Å². The van der Waals surface area contributed by atoms with Crippen LogP contribution in [0, 0.1) is 0 Å². The number of morpholine rings is 1. The van der Waals surface area contributed by atoms with Crippen molar-refractivity contribution in [3.63, 3.8) is 0 Å². The number of hydrogen-bond acceptors (Lipinski definition) is 5. The van der Waals surface area contributed by atoms with Crippen LogP contribution in [0.5, 0.6) is 0 Å². The zero-order chi connectivity index (χ0) is 14.2. The molecule has 2 heterocycles. The van der Waals surface area contributed by atoms with Crippen molar-refractivity contribution in [1.82, 2.24) is 4.31 Å². The van der Waals surface area contributed by atoms with Crippen LogP contribution in [0.25, 0.3) is 0 Å². The summed E-state index contributed by atoms with van der Waals surface area (Å²) in [4.78, 5) is 10.9. The average molecular weight is 346 g/mol. The molecule has 1 aliphatic heterocycles. The van der Waals surface area contributed by atoms with Crippen LogP contribution in [-0.4, -0.2) is 49.6 Å². The number of hydrogen-bond donors (Lipinski definition) is 1. The van der Waals surface area contributed by atoms with Gasteiger partial charge in [-0.15, -0.1) is 11.3 Å². The number of carbonyl (C=O) groups is 1. The van der Waals surface area contributed by atoms with E-state index in [1.54, 1.807) is 0 Å². The topological polar surface area (TPSA) is 83.9 Å². The Morgan fingerprint density at radius 2 is 2.21 bits per heavy atom. The third-order valence-corrected chi connectivity index (χ3v) is 6.24. The second-order valence-corrected chi connectivity index (χ2v) is 7.88. The van der Waals surface area contributed by atoms with Crippen LogP contribution in [0.1, 0.15) is 0 Å². The normalized spacial score (nSPS) is 21.5. The van der Waals surface area contributed by atoms with Gasteiger partial charge in [0, 0.05) is 6.54 Å². The van der Waals surface area contributed by atoms with E-state index in [9.17, 15) is 13.2 Å². The van der Waals surface area contributed by atoms with Gasteiger partial charge in [0.25, 0.3) is 0 Å². The second-order valence-electron chi connectivity index (χ2n) is 3.73. The fourth-order valence-corrected chi connectivity index (χ4v) is 5.36. The van der Waals surface area contributed by atoms with Crippen LogP contribution in [0.15, 0.2) is 11.0 Å². The Kier molecular flexibility index (Phi) is 4.38. The lowest BCUT2D eigenvalue weighted by atomic mass is 10.3. The number of ether oxygens (including phenoxy) is 1. The molecule has 0 amide bonds. The zero-order valence-electron chi connectivity index (χ0n) is 9.38. The third-order valence-electron chi connectivity index (χ3n) is 2.58. The SMILES string of the molecule is O=C(O)C1COCCN1S(=O)(=O)c1cc(Cl)sc1Cl. The summed E-state index contributed by atoms with van der Waals surface area (Å²) in [5, 5.41) is 9.05. The van der Waals surface area contributed by atoms with Crippen molar-refractivity contribution in [1.29, 1.82) is 0 Å². The quantitative estimate of drug-likeness (QED) is 0.897. The molecule has 1 aromatic rings. The smallest absolute Gasteiger partial charge is 0.324 e. The molecule has 1 aromatic heterocycles. The predicted molar refractivity (Wildman–Crippen MR) is 70.5 cm³/mol. The maximum absolute atomic E-state index is 12.4. The number of carboxylic acid groups (broad SMARTS) is 1. The summed E-state index contributed by atoms with van der Waals surface area (Å²) in [6, 6.07) is -0.0355. The molecule has 0 aliphatic carbocycles. The van der Waals surface area contributed by atoms with Gasteiger partial charge in [-0.2, -0.15) is 4.31 Å². The highest BCUT2D eigenvalue weighted by Gasteiger charge is 2.39. The van der Waals surface area contributed by atoms with Crippen LogP contribution in [0.2, 0.25) is 8.67 Å². The Balaban J connectivity index is 2.43. The van der Waals surface area contributed by atoms with E-state index in [0.29, 0.717) is 0 Å². The number of nitrogens with zero attached hydrogens (tertiary/aromatic N) is 1. The minimum Gasteiger partial charge on any atom is -0.480 e. The first-order valence-corrected chi connectivity index (χ1v) is 8.12. The molecule has 1 fully saturated rings. The Bertz CT molecular complexity index is 600. The first-order chi connectivity index (χ1) is 8.84. The molecule has 10 heteroatoms. The van der Waals surface area contributed by atoms with Gasteiger partial charge in [0.15, 0.2) is 0 Å². The monoisotopic (exact) mass is 345 g/mol. The van der Waals surface area contributed by atoms with Gasteiger partial charge < -0.3 is 9.84 Å². The maximum Gasteiger partial charge on any atom is 0.324 e. The molecule has 6 nitrogen and oxygen atoms in total. The molecular weight excluding hydrogens is 337 g/mol. The number of rotatable bonds is 3. The lowest BCUT2D eigenvalue weighted by Gasteiger charge is -2.31. The molecule has 19 heavy (non-hydrogen) atoms. The van der Waals surface area contributed by atoms with E-state index >= 15 is 0 Å². The molecule has 2 rings (SSSR count). The fourth-order valence-electron chi connectivity index (χ4n) is 1.70. The average Bonchev–Trinajstić information content (AvgIpc) is 2.69. The predicted octanol–water partition coefficient (Wildman–Crippen LogP) is 1.53. The summed E-state index contributed by atoms with van der Waals surface area (Å²) < 4.78 is 30.9. The van der Waals surface area contributed by atoms with Gasteiger partial charge >= 0.3 is 5.97 Å². The summed E-state index contributed by atoms with van der Waals surface area (Å²) in [7, 11) is -4.00. The van der Waals surface area contributed by atoms with Gasteiger partial charge in [-0.1, -0.05) is 23.2 Å². The molecule has 0 aromatic carbocycles. The van der Waals surface area contributed by atoms with Crippen molar-refractivity contribution in [2.24, 2.45) is 0 Å². The highest BCUT2D eigenvalue weighted by molar-refractivity contribution is 7.89. The number of halogens is 2. The molecule has 1 N–H and O–H groups in total. The van der Waals surface area contributed by atoms with Crippen LogP contribution < -0.4 is 0 Å². The zero-order valence-corrected chi connectivity index (χ0v) is 12.5. The molecule has 0 saturated carbocycles. The summed E-state index contributed by atoms with van der Waals surface area (Å²) in [6.07, 6.45) is 0. The Morgan fingerprint density at radius 3 is 2.74 bits per heavy atom. The van der Waals surface area contributed by atoms with E-state index in [-0.39, 0.29) is 33.3 Å². The lowest BCUT2D eigenvalue weighted by Crippen LogP contribution is -2.52. The third kappa shape index (κ3) is 2.88. The van der Waals surface area contributed by atoms with Gasteiger partial charge in [0.2, 0.25) is 10.0 Å². The lowest BCUT2D eigenvalue weighted by molar-refractivity contribution is -0.146. The minimum absolute atomic E-state index is 0.0145. The van der Waals surface area contributed by atoms with Crippen molar-refractivity contribution >= 4 is 50.5 Å². The number of aliphatic carboxylic acids is 1. The molecule has 1 unspecified atom stereocenters. The standard InChI is InChI=1S/C9H9Cl2NO5S2/c10-7-3-6(8(11)18-7)19(15,16)12-1-2-17-4-5(12)9(13)14/h3,5H,1-2,4H2,(H,13,14). The number of thiophene rings is 1. The van der Waals surface area contributed by atoms with Gasteiger partial charge in [-0.05, 0) is 6.07 Å². The summed E-state index contributed by atoms with van der Waals surface area (Å²) in [6.45, 7) is -0.0916. The molecule has 1 saturated heterocycles. The summed E-state index contributed by atoms with van der Waals surface area (Å²) in [5.74, 6) is -1.26. The number of sulfonamides is 1. The Morgan fingerprint density at radius 1 is 1.53 bits per heavy atom. The van der Waals surface area contributed by atoms with Crippen LogP contribution >= 0.6 is 34.5 Å². The van der Waals surface area contributed by atoms with Crippen molar-refractivity contribution in [2.45, 2.75) is 10.9 Å². The molecule has 0 spiro atoms. The minimum atomic E-state index is -4.00. The molecule has 1 aliphatic rings. The largest absolute Gasteiger partial charge is 0.480 e. The second kappa shape index (κ2) is 5.55. The summed E-state index contributed by atoms with van der Waals surface area (Å²) >= 11 is 12.5. The first-order valence-electron chi connectivity index (χ1n) is 5.11. The van der Waals surface area contributed by atoms with Crippen LogP contribution in [-0.2, 0) is 19.6 Å². The first kappa shape index (κ1) is 15.0. The van der Waals surface area contributed by atoms with Crippen molar-refractivity contribution in [2.75, 3.05) is 19.8 Å². The van der Waals surface area contributed by atoms with Gasteiger partial charge in [-0.3, -0.25) is 4.79 Å². The Hall–Kier alpha value is -0.380. The van der Waals surface area contributed by atoms with E-state index in [0.717, 1.165) is 15.6 Å². The van der Waals surface area contributed by atoms with E-state index in [1.807, 2.05) is 0 Å². The Labute approximate surface area is 123 Å².